The molecule has 0 spiro atoms. The first-order valence-electron chi connectivity index (χ1n) is 9.90. The molecule has 9 nitrogen and oxygen atoms in total. The lowest BCUT2D eigenvalue weighted by Gasteiger charge is -2.31. The molecule has 1 aromatic heterocycles. The molecule has 1 fully saturated rings. The predicted octanol–water partition coefficient (Wildman–Crippen LogP) is 1.39. The first kappa shape index (κ1) is 23.6. The molecule has 0 radical (unpaired) electrons. The fourth-order valence-corrected chi connectivity index (χ4v) is 3.71. The van der Waals surface area contributed by atoms with Crippen LogP contribution in [0.2, 0.25) is 5.02 Å². The van der Waals surface area contributed by atoms with Crippen LogP contribution in [0.15, 0.2) is 35.3 Å². The fourth-order valence-electron chi connectivity index (χ4n) is 3.58. The van der Waals surface area contributed by atoms with Crippen LogP contribution in [-0.2, 0) is 16.1 Å². The van der Waals surface area contributed by atoms with Gasteiger partial charge in [-0.1, -0.05) is 44.5 Å². The summed E-state index contributed by atoms with van der Waals surface area (Å²) >= 11 is 6.00. The second-order valence-corrected chi connectivity index (χ2v) is 9.12. The quantitative estimate of drug-likeness (QED) is 0.514. The number of aromatic nitrogens is 2. The molecule has 5 N–H and O–H groups in total. The third kappa shape index (κ3) is 5.08. The number of hydrogen-bond donors (Lipinski definition) is 4. The summed E-state index contributed by atoms with van der Waals surface area (Å²) < 4.78 is 12.7. The monoisotopic (exact) mass is 453 g/mol. The van der Waals surface area contributed by atoms with Gasteiger partial charge >= 0.3 is 5.69 Å². The van der Waals surface area contributed by atoms with Gasteiger partial charge in [0.1, 0.15) is 24.1 Å². The van der Waals surface area contributed by atoms with Gasteiger partial charge in [0.05, 0.1) is 19.3 Å². The van der Waals surface area contributed by atoms with E-state index in [1.165, 1.54) is 6.20 Å². The predicted molar refractivity (Wildman–Crippen MR) is 114 cm³/mol. The number of nitrogens with two attached hydrogens (primary N) is 1. The maximum Gasteiger partial charge on any atom is 0.351 e. The molecule has 0 saturated carbocycles. The second-order valence-electron chi connectivity index (χ2n) is 8.68. The Morgan fingerprint density at radius 2 is 1.90 bits per heavy atom. The highest BCUT2D eigenvalue weighted by atomic mass is 35.5. The van der Waals surface area contributed by atoms with E-state index < -0.39 is 36.8 Å². The molecule has 0 amide bonds. The first-order chi connectivity index (χ1) is 14.5. The van der Waals surface area contributed by atoms with Gasteiger partial charge in [-0.25, -0.2) is 4.79 Å². The minimum Gasteiger partial charge on any atom is -0.394 e. The summed E-state index contributed by atoms with van der Waals surface area (Å²) in [6.07, 6.45) is -3.88. The van der Waals surface area contributed by atoms with Crippen molar-refractivity contribution >= 4 is 17.4 Å². The van der Waals surface area contributed by atoms with E-state index in [1.807, 2.05) is 32.9 Å². The topological polar surface area (TPSA) is 140 Å². The van der Waals surface area contributed by atoms with Crippen molar-refractivity contribution in [2.75, 3.05) is 12.3 Å². The van der Waals surface area contributed by atoms with Gasteiger partial charge in [-0.3, -0.25) is 4.57 Å². The largest absolute Gasteiger partial charge is 0.394 e. The van der Waals surface area contributed by atoms with E-state index in [9.17, 15) is 20.1 Å². The minimum atomic E-state index is -1.41. The number of aliphatic hydroxyl groups excluding tert-OH is 3. The SMILES string of the molecule is CC(C)(C)C(OCc1cn(C2O[C@H](CO)[C@@H](O)[C@H]2O)c(=O)nc1N)c1ccc(Cl)cc1. The number of benzene rings is 1. The van der Waals surface area contributed by atoms with Crippen LogP contribution in [0.25, 0.3) is 0 Å². The van der Waals surface area contributed by atoms with Gasteiger partial charge in [-0.15, -0.1) is 0 Å². The van der Waals surface area contributed by atoms with E-state index in [0.717, 1.165) is 10.1 Å². The summed E-state index contributed by atoms with van der Waals surface area (Å²) in [4.78, 5) is 16.2. The number of aliphatic hydroxyl groups is 3. The average molecular weight is 454 g/mol. The Kier molecular flexibility index (Phi) is 7.04. The highest BCUT2D eigenvalue weighted by molar-refractivity contribution is 6.30. The van der Waals surface area contributed by atoms with Gasteiger partial charge in [-0.05, 0) is 23.1 Å². The molecule has 3 rings (SSSR count). The van der Waals surface area contributed by atoms with Crippen LogP contribution in [0.3, 0.4) is 0 Å². The molecule has 0 bridgehead atoms. The van der Waals surface area contributed by atoms with Gasteiger partial charge in [0.25, 0.3) is 0 Å². The van der Waals surface area contributed by atoms with Gasteiger partial charge in [0.2, 0.25) is 0 Å². The van der Waals surface area contributed by atoms with Crippen molar-refractivity contribution < 1.29 is 24.8 Å². The highest BCUT2D eigenvalue weighted by Gasteiger charge is 2.44. The Hall–Kier alpha value is -2.01. The van der Waals surface area contributed by atoms with Gasteiger partial charge < -0.3 is 30.5 Å². The lowest BCUT2D eigenvalue weighted by Crippen LogP contribution is -2.36. The number of rotatable bonds is 6. The third-order valence-corrected chi connectivity index (χ3v) is 5.47. The highest BCUT2D eigenvalue weighted by Crippen LogP contribution is 2.37. The van der Waals surface area contributed by atoms with Crippen molar-refractivity contribution in [2.45, 2.75) is 58.0 Å². The fraction of sp³-hybridized carbons (Fsp3) is 0.524. The molecule has 10 heteroatoms. The first-order valence-corrected chi connectivity index (χ1v) is 10.3. The van der Waals surface area contributed by atoms with Gasteiger partial charge in [0, 0.05) is 16.8 Å². The normalized spacial score (nSPS) is 25.0. The Balaban J connectivity index is 1.87. The molecular weight excluding hydrogens is 426 g/mol. The zero-order valence-electron chi connectivity index (χ0n) is 17.6. The number of nitrogen functional groups attached to an aromatic ring is 1. The molecular formula is C21H28ClN3O6. The summed E-state index contributed by atoms with van der Waals surface area (Å²) in [5, 5.41) is 30.1. The number of nitrogens with zero attached hydrogens (tertiary/aromatic N) is 2. The zero-order valence-corrected chi connectivity index (χ0v) is 18.4. The molecule has 31 heavy (non-hydrogen) atoms. The van der Waals surface area contributed by atoms with Crippen molar-refractivity contribution in [1.82, 2.24) is 9.55 Å². The standard InChI is InChI=1S/C21H28ClN3O6/c1-21(2,3)17(11-4-6-13(22)7-5-11)30-10-12-8-25(20(29)24-18(12)23)19-16(28)15(27)14(9-26)31-19/h4-8,14-17,19,26-28H,9-10H2,1-3H3,(H2,23,24,29)/t14-,15-,16-,17?,19?/m1/s1. The van der Waals surface area contributed by atoms with Crippen molar-refractivity contribution in [3.8, 4) is 0 Å². The van der Waals surface area contributed by atoms with E-state index >= 15 is 0 Å². The van der Waals surface area contributed by atoms with E-state index in [1.54, 1.807) is 12.1 Å². The maximum atomic E-state index is 12.4. The van der Waals surface area contributed by atoms with Crippen LogP contribution in [0, 0.1) is 5.41 Å². The van der Waals surface area contributed by atoms with Crippen molar-refractivity contribution in [2.24, 2.45) is 5.41 Å². The number of ether oxygens (including phenoxy) is 2. The Morgan fingerprint density at radius 3 is 2.45 bits per heavy atom. The lowest BCUT2D eigenvalue weighted by molar-refractivity contribution is -0.0559. The Bertz CT molecular complexity index is 959. The van der Waals surface area contributed by atoms with Crippen LogP contribution in [0.5, 0.6) is 0 Å². The molecule has 2 heterocycles. The number of anilines is 1. The summed E-state index contributed by atoms with van der Waals surface area (Å²) in [5.41, 5.74) is 6.29. The van der Waals surface area contributed by atoms with Crippen LogP contribution in [0.1, 0.15) is 44.2 Å². The molecule has 1 saturated heterocycles. The number of halogens is 1. The maximum absolute atomic E-state index is 12.4. The van der Waals surface area contributed by atoms with E-state index in [-0.39, 0.29) is 23.9 Å². The average Bonchev–Trinajstić information content (AvgIpc) is 2.98. The Morgan fingerprint density at radius 1 is 1.26 bits per heavy atom. The summed E-state index contributed by atoms with van der Waals surface area (Å²) in [6, 6.07) is 7.35. The van der Waals surface area contributed by atoms with Crippen LogP contribution in [0.4, 0.5) is 5.82 Å². The smallest absolute Gasteiger partial charge is 0.351 e. The summed E-state index contributed by atoms with van der Waals surface area (Å²) in [7, 11) is 0. The van der Waals surface area contributed by atoms with Crippen LogP contribution >= 0.6 is 11.6 Å². The van der Waals surface area contributed by atoms with E-state index in [2.05, 4.69) is 4.98 Å². The molecule has 170 valence electrons. The minimum absolute atomic E-state index is 0.00300. The zero-order chi connectivity index (χ0) is 22.9. The molecule has 0 aliphatic carbocycles. The third-order valence-electron chi connectivity index (χ3n) is 5.22. The summed E-state index contributed by atoms with van der Waals surface area (Å²) in [5.74, 6) is -0.00300. The molecule has 1 aliphatic heterocycles. The van der Waals surface area contributed by atoms with Gasteiger partial charge in [0.15, 0.2) is 6.23 Å². The molecule has 2 unspecified atom stereocenters. The van der Waals surface area contributed by atoms with Gasteiger partial charge in [-0.2, -0.15) is 4.98 Å². The second kappa shape index (κ2) is 9.23. The molecule has 5 atom stereocenters. The van der Waals surface area contributed by atoms with E-state index in [4.69, 9.17) is 26.8 Å². The van der Waals surface area contributed by atoms with E-state index in [0.29, 0.717) is 10.6 Å². The Labute approximate surface area is 185 Å². The molecule has 1 aliphatic rings. The molecule has 2 aromatic rings. The lowest BCUT2D eigenvalue weighted by atomic mass is 9.84. The summed E-state index contributed by atoms with van der Waals surface area (Å²) in [6.45, 7) is 5.64. The van der Waals surface area contributed by atoms with Crippen molar-refractivity contribution in [3.05, 3.63) is 57.1 Å². The molecule has 1 aromatic carbocycles. The van der Waals surface area contributed by atoms with Crippen LogP contribution < -0.4 is 11.4 Å². The van der Waals surface area contributed by atoms with Crippen LogP contribution in [-0.4, -0.2) is 49.8 Å². The van der Waals surface area contributed by atoms with Crippen molar-refractivity contribution in [1.29, 1.82) is 0 Å². The van der Waals surface area contributed by atoms with Crippen molar-refractivity contribution in [3.63, 3.8) is 0 Å². The number of hydrogen-bond acceptors (Lipinski definition) is 8.